The minimum absolute atomic E-state index is 0.520. The minimum Gasteiger partial charge on any atom is -0.307 e. The Morgan fingerprint density at radius 3 is 2.78 bits per heavy atom. The molecule has 1 aliphatic rings. The summed E-state index contributed by atoms with van der Waals surface area (Å²) in [5.41, 5.74) is 0. The molecule has 0 aromatic carbocycles. The molecule has 1 aliphatic carbocycles. The average Bonchev–Trinajstić information content (AvgIpc) is 2.67. The third-order valence-corrected chi connectivity index (χ3v) is 5.52. The fourth-order valence-electron chi connectivity index (χ4n) is 3.08. The highest BCUT2D eigenvalue weighted by atomic mass is 32.1. The Hall–Kier alpha value is -0.340. The van der Waals surface area contributed by atoms with Gasteiger partial charge in [-0.3, -0.25) is 0 Å². The lowest BCUT2D eigenvalue weighted by molar-refractivity contribution is 0.402. The molecule has 2 rings (SSSR count). The summed E-state index contributed by atoms with van der Waals surface area (Å²) in [6, 6.07) is 5.77. The second kappa shape index (κ2) is 6.72. The Balaban J connectivity index is 1.85. The molecule has 1 heterocycles. The first-order chi connectivity index (χ1) is 8.69. The Morgan fingerprint density at radius 1 is 1.28 bits per heavy atom. The van der Waals surface area contributed by atoms with Gasteiger partial charge in [0.25, 0.3) is 0 Å². The van der Waals surface area contributed by atoms with Gasteiger partial charge in [0.2, 0.25) is 0 Å². The third-order valence-electron chi connectivity index (χ3n) is 4.34. The molecule has 3 atom stereocenters. The van der Waals surface area contributed by atoms with E-state index in [1.165, 1.54) is 48.3 Å². The van der Waals surface area contributed by atoms with Crippen LogP contribution in [0.15, 0.2) is 12.1 Å². The van der Waals surface area contributed by atoms with E-state index in [9.17, 15) is 0 Å². The van der Waals surface area contributed by atoms with Crippen molar-refractivity contribution >= 4 is 11.3 Å². The SMILES string of the molecule is CCC1CCCC(NC(C)c2ccc(C)s2)CC1. The molecule has 0 radical (unpaired) electrons. The maximum atomic E-state index is 3.84. The van der Waals surface area contributed by atoms with E-state index in [1.54, 1.807) is 0 Å². The van der Waals surface area contributed by atoms with Crippen molar-refractivity contribution in [1.29, 1.82) is 0 Å². The first-order valence-corrected chi connectivity index (χ1v) is 8.33. The van der Waals surface area contributed by atoms with Gasteiger partial charge in [-0.1, -0.05) is 26.2 Å². The fraction of sp³-hybridized carbons (Fsp3) is 0.750. The summed E-state index contributed by atoms with van der Waals surface area (Å²) in [5, 5.41) is 3.84. The van der Waals surface area contributed by atoms with Crippen molar-refractivity contribution < 1.29 is 0 Å². The molecule has 1 aromatic rings. The van der Waals surface area contributed by atoms with Crippen LogP contribution in [0, 0.1) is 12.8 Å². The summed E-state index contributed by atoms with van der Waals surface area (Å²) in [6.45, 7) is 6.85. The van der Waals surface area contributed by atoms with Crippen LogP contribution >= 0.6 is 11.3 Å². The molecule has 3 unspecified atom stereocenters. The highest BCUT2D eigenvalue weighted by Crippen LogP contribution is 2.28. The summed E-state index contributed by atoms with van der Waals surface area (Å²) >= 11 is 1.93. The van der Waals surface area contributed by atoms with Crippen LogP contribution in [0.5, 0.6) is 0 Å². The van der Waals surface area contributed by atoms with E-state index in [4.69, 9.17) is 0 Å². The highest BCUT2D eigenvalue weighted by Gasteiger charge is 2.19. The molecule has 0 amide bonds. The van der Waals surface area contributed by atoms with Gasteiger partial charge in [0.15, 0.2) is 0 Å². The van der Waals surface area contributed by atoms with Crippen molar-refractivity contribution in [2.24, 2.45) is 5.92 Å². The zero-order chi connectivity index (χ0) is 13.0. The molecular formula is C16H27NS. The molecule has 102 valence electrons. The first-order valence-electron chi connectivity index (χ1n) is 7.51. The van der Waals surface area contributed by atoms with Gasteiger partial charge in [-0.15, -0.1) is 11.3 Å². The number of rotatable bonds is 4. The van der Waals surface area contributed by atoms with Crippen LogP contribution in [0.4, 0.5) is 0 Å². The van der Waals surface area contributed by atoms with E-state index >= 15 is 0 Å². The normalized spacial score (nSPS) is 26.8. The van der Waals surface area contributed by atoms with Gasteiger partial charge in [0.1, 0.15) is 0 Å². The largest absolute Gasteiger partial charge is 0.307 e. The monoisotopic (exact) mass is 265 g/mol. The Morgan fingerprint density at radius 2 is 2.11 bits per heavy atom. The van der Waals surface area contributed by atoms with E-state index in [0.29, 0.717) is 6.04 Å². The molecule has 1 nitrogen and oxygen atoms in total. The van der Waals surface area contributed by atoms with Gasteiger partial charge < -0.3 is 5.32 Å². The van der Waals surface area contributed by atoms with Crippen molar-refractivity contribution in [1.82, 2.24) is 5.32 Å². The smallest absolute Gasteiger partial charge is 0.0388 e. The summed E-state index contributed by atoms with van der Waals surface area (Å²) in [6.07, 6.45) is 8.38. The molecule has 1 fully saturated rings. The quantitative estimate of drug-likeness (QED) is 0.750. The Kier molecular flexibility index (Phi) is 5.25. The molecule has 1 aromatic heterocycles. The highest BCUT2D eigenvalue weighted by molar-refractivity contribution is 7.12. The van der Waals surface area contributed by atoms with E-state index in [0.717, 1.165) is 12.0 Å². The zero-order valence-electron chi connectivity index (χ0n) is 12.0. The number of nitrogens with one attached hydrogen (secondary N) is 1. The van der Waals surface area contributed by atoms with Crippen LogP contribution in [0.25, 0.3) is 0 Å². The van der Waals surface area contributed by atoms with Crippen molar-refractivity contribution in [3.8, 4) is 0 Å². The van der Waals surface area contributed by atoms with Crippen molar-refractivity contribution in [2.45, 2.75) is 71.4 Å². The summed E-state index contributed by atoms with van der Waals surface area (Å²) in [5.74, 6) is 0.982. The van der Waals surface area contributed by atoms with Gasteiger partial charge in [-0.25, -0.2) is 0 Å². The predicted molar refractivity (Wildman–Crippen MR) is 81.3 cm³/mol. The topological polar surface area (TPSA) is 12.0 Å². The van der Waals surface area contributed by atoms with E-state index < -0.39 is 0 Å². The van der Waals surface area contributed by atoms with Crippen molar-refractivity contribution in [2.75, 3.05) is 0 Å². The lowest BCUT2D eigenvalue weighted by Gasteiger charge is -2.21. The molecule has 2 heteroatoms. The summed E-state index contributed by atoms with van der Waals surface area (Å²) < 4.78 is 0. The summed E-state index contributed by atoms with van der Waals surface area (Å²) in [4.78, 5) is 2.91. The Bertz CT molecular complexity index is 358. The van der Waals surface area contributed by atoms with Crippen molar-refractivity contribution in [3.05, 3.63) is 21.9 Å². The molecule has 0 aliphatic heterocycles. The number of hydrogen-bond acceptors (Lipinski definition) is 2. The average molecular weight is 265 g/mol. The molecule has 1 N–H and O–H groups in total. The standard InChI is InChI=1S/C16H27NS/c1-4-14-6-5-7-15(10-9-14)17-13(3)16-11-8-12(2)18-16/h8,11,13-15,17H,4-7,9-10H2,1-3H3. The predicted octanol–water partition coefficient (Wildman–Crippen LogP) is 5.07. The fourth-order valence-corrected chi connectivity index (χ4v) is 3.96. The first kappa shape index (κ1) is 14.1. The van der Waals surface area contributed by atoms with Crippen LogP contribution in [0.3, 0.4) is 0 Å². The van der Waals surface area contributed by atoms with Gasteiger partial charge in [-0.05, 0) is 51.2 Å². The van der Waals surface area contributed by atoms with Gasteiger partial charge in [-0.2, -0.15) is 0 Å². The lowest BCUT2D eigenvalue weighted by atomic mass is 9.98. The second-order valence-corrected chi connectivity index (χ2v) is 7.14. The van der Waals surface area contributed by atoms with E-state index in [2.05, 4.69) is 38.2 Å². The van der Waals surface area contributed by atoms with Crippen LogP contribution in [0.2, 0.25) is 0 Å². The molecule has 1 saturated carbocycles. The van der Waals surface area contributed by atoms with Crippen LogP contribution in [-0.4, -0.2) is 6.04 Å². The van der Waals surface area contributed by atoms with Gasteiger partial charge in [0, 0.05) is 21.8 Å². The number of hydrogen-bond donors (Lipinski definition) is 1. The van der Waals surface area contributed by atoms with Crippen LogP contribution < -0.4 is 5.32 Å². The molecule has 0 spiro atoms. The third kappa shape index (κ3) is 3.83. The van der Waals surface area contributed by atoms with Crippen LogP contribution in [0.1, 0.15) is 68.2 Å². The van der Waals surface area contributed by atoms with Gasteiger partial charge >= 0.3 is 0 Å². The molecule has 0 bridgehead atoms. The zero-order valence-corrected chi connectivity index (χ0v) is 12.9. The maximum absolute atomic E-state index is 3.84. The van der Waals surface area contributed by atoms with E-state index in [-0.39, 0.29) is 0 Å². The molecular weight excluding hydrogens is 238 g/mol. The van der Waals surface area contributed by atoms with Crippen molar-refractivity contribution in [3.63, 3.8) is 0 Å². The Labute approximate surface area is 116 Å². The molecule has 18 heavy (non-hydrogen) atoms. The molecule has 0 saturated heterocycles. The maximum Gasteiger partial charge on any atom is 0.0388 e. The van der Waals surface area contributed by atoms with Crippen LogP contribution in [-0.2, 0) is 0 Å². The number of thiophene rings is 1. The number of aryl methyl sites for hydroxylation is 1. The van der Waals surface area contributed by atoms with Gasteiger partial charge in [0.05, 0.1) is 0 Å². The van der Waals surface area contributed by atoms with E-state index in [1.807, 2.05) is 11.3 Å². The lowest BCUT2D eigenvalue weighted by Crippen LogP contribution is -2.30. The summed E-state index contributed by atoms with van der Waals surface area (Å²) in [7, 11) is 0. The second-order valence-electron chi connectivity index (χ2n) is 5.82. The minimum atomic E-state index is 0.520.